The van der Waals surface area contributed by atoms with Crippen molar-refractivity contribution in [2.75, 3.05) is 26.2 Å². The van der Waals surface area contributed by atoms with E-state index >= 15 is 0 Å². The van der Waals surface area contributed by atoms with E-state index in [0.29, 0.717) is 12.5 Å². The Hall–Kier alpha value is -1.85. The summed E-state index contributed by atoms with van der Waals surface area (Å²) in [5.41, 5.74) is 3.59. The van der Waals surface area contributed by atoms with Crippen molar-refractivity contribution < 1.29 is 9.53 Å². The molecule has 2 atom stereocenters. The van der Waals surface area contributed by atoms with Crippen LogP contribution in [0, 0.1) is 12.8 Å². The van der Waals surface area contributed by atoms with Gasteiger partial charge in [-0.1, -0.05) is 24.6 Å². The molecule has 1 amide bonds. The summed E-state index contributed by atoms with van der Waals surface area (Å²) in [6, 6.07) is 8.48. The van der Waals surface area contributed by atoms with Gasteiger partial charge in [0, 0.05) is 37.3 Å². The number of amides is 1. The summed E-state index contributed by atoms with van der Waals surface area (Å²) >= 11 is 1.69. The van der Waals surface area contributed by atoms with E-state index in [1.807, 2.05) is 0 Å². The smallest absolute Gasteiger partial charge is 0.236 e. The van der Waals surface area contributed by atoms with Gasteiger partial charge in [-0.15, -0.1) is 0 Å². The molecule has 0 N–H and O–H groups in total. The lowest BCUT2D eigenvalue weighted by atomic mass is 10.0. The number of piperidine rings is 1. The Morgan fingerprint density at radius 1 is 1.30 bits per heavy atom. The van der Waals surface area contributed by atoms with Crippen molar-refractivity contribution in [3.8, 4) is 5.75 Å². The van der Waals surface area contributed by atoms with Crippen LogP contribution < -0.4 is 4.74 Å². The van der Waals surface area contributed by atoms with Gasteiger partial charge in [0.2, 0.25) is 5.91 Å². The minimum atomic E-state index is -0.0340. The van der Waals surface area contributed by atoms with E-state index in [4.69, 9.17) is 4.74 Å². The lowest BCUT2D eigenvalue weighted by Crippen LogP contribution is -2.45. The molecule has 1 saturated heterocycles. The molecule has 0 aliphatic carbocycles. The first-order valence-corrected chi connectivity index (χ1v) is 10.8. The molecule has 1 fully saturated rings. The quantitative estimate of drug-likeness (QED) is 0.793. The molecule has 2 aromatic rings. The number of carbonyl (C=O) groups excluding carboxylic acids is 1. The molecule has 2 aliphatic rings. The Labute approximate surface area is 165 Å². The van der Waals surface area contributed by atoms with Crippen molar-refractivity contribution in [1.82, 2.24) is 9.80 Å². The molecule has 5 heteroatoms. The third-order valence-corrected chi connectivity index (χ3v) is 6.29. The number of hydrogen-bond donors (Lipinski definition) is 0. The number of likely N-dealkylation sites (tertiary alicyclic amines) is 1. The Morgan fingerprint density at radius 2 is 2.19 bits per heavy atom. The summed E-state index contributed by atoms with van der Waals surface area (Å²) in [6.07, 6.45) is 2.32. The summed E-state index contributed by atoms with van der Waals surface area (Å²) in [5, 5.41) is 4.24. The van der Waals surface area contributed by atoms with E-state index in [1.165, 1.54) is 23.1 Å². The van der Waals surface area contributed by atoms with E-state index < -0.39 is 0 Å². The predicted octanol–water partition coefficient (Wildman–Crippen LogP) is 4.25. The fraction of sp³-hybridized carbons (Fsp3) is 0.500. The number of fused-ring (bicyclic) bond motifs is 1. The Kier molecular flexibility index (Phi) is 5.50. The highest BCUT2D eigenvalue weighted by atomic mass is 32.1. The molecule has 4 nitrogen and oxygen atoms in total. The number of nitrogens with zero attached hydrogens (tertiary/aromatic N) is 2. The van der Waals surface area contributed by atoms with E-state index in [-0.39, 0.29) is 12.0 Å². The molecule has 2 unspecified atom stereocenters. The maximum absolute atomic E-state index is 12.9. The predicted molar refractivity (Wildman–Crippen MR) is 109 cm³/mol. The summed E-state index contributed by atoms with van der Waals surface area (Å²) in [5.74, 6) is 1.80. The van der Waals surface area contributed by atoms with Crippen LogP contribution in [0.3, 0.4) is 0 Å². The highest BCUT2D eigenvalue weighted by Gasteiger charge is 2.28. The van der Waals surface area contributed by atoms with Crippen molar-refractivity contribution >= 4 is 17.2 Å². The highest BCUT2D eigenvalue weighted by molar-refractivity contribution is 7.07. The van der Waals surface area contributed by atoms with Gasteiger partial charge in [0.1, 0.15) is 11.9 Å². The van der Waals surface area contributed by atoms with Gasteiger partial charge >= 0.3 is 0 Å². The molecule has 1 aromatic carbocycles. The fourth-order valence-electron chi connectivity index (χ4n) is 4.14. The Bertz CT molecular complexity index is 790. The first-order valence-electron chi connectivity index (χ1n) is 9.87. The van der Waals surface area contributed by atoms with Crippen LogP contribution >= 0.6 is 11.3 Å². The zero-order chi connectivity index (χ0) is 18.8. The number of thiophene rings is 1. The van der Waals surface area contributed by atoms with Crippen molar-refractivity contribution in [3.05, 3.63) is 51.7 Å². The minimum Gasteiger partial charge on any atom is -0.484 e. The van der Waals surface area contributed by atoms with Crippen LogP contribution in [0.5, 0.6) is 5.75 Å². The van der Waals surface area contributed by atoms with Gasteiger partial charge in [0.15, 0.2) is 0 Å². The number of rotatable bonds is 3. The zero-order valence-electron chi connectivity index (χ0n) is 16.2. The monoisotopic (exact) mass is 384 g/mol. The van der Waals surface area contributed by atoms with Crippen molar-refractivity contribution in [2.45, 2.75) is 39.3 Å². The number of carbonyl (C=O) groups is 1. The van der Waals surface area contributed by atoms with Gasteiger partial charge in [0.25, 0.3) is 0 Å². The van der Waals surface area contributed by atoms with Crippen molar-refractivity contribution in [2.24, 2.45) is 5.92 Å². The van der Waals surface area contributed by atoms with Crippen LogP contribution in [-0.2, 0) is 11.3 Å². The van der Waals surface area contributed by atoms with Gasteiger partial charge in [-0.2, -0.15) is 11.3 Å². The summed E-state index contributed by atoms with van der Waals surface area (Å²) in [6.45, 7) is 8.09. The molecule has 4 rings (SSSR count). The average Bonchev–Trinajstić information content (AvgIpc) is 3.11. The minimum absolute atomic E-state index is 0.0340. The van der Waals surface area contributed by atoms with Crippen molar-refractivity contribution in [3.63, 3.8) is 0 Å². The molecule has 0 bridgehead atoms. The third kappa shape index (κ3) is 4.36. The molecule has 0 saturated carbocycles. The molecule has 144 valence electrons. The largest absolute Gasteiger partial charge is 0.484 e. The van der Waals surface area contributed by atoms with Crippen molar-refractivity contribution in [1.29, 1.82) is 0 Å². The number of ether oxygens (including phenoxy) is 1. The van der Waals surface area contributed by atoms with Gasteiger partial charge in [-0.25, -0.2) is 0 Å². The zero-order valence-corrected chi connectivity index (χ0v) is 17.0. The molecule has 27 heavy (non-hydrogen) atoms. The average molecular weight is 385 g/mol. The topological polar surface area (TPSA) is 32.8 Å². The maximum atomic E-state index is 12.9. The third-order valence-electron chi connectivity index (χ3n) is 5.59. The van der Waals surface area contributed by atoms with E-state index in [2.05, 4.69) is 58.7 Å². The Balaban J connectivity index is 1.54. The molecule has 0 radical (unpaired) electrons. The Morgan fingerprint density at radius 3 is 2.96 bits per heavy atom. The van der Waals surface area contributed by atoms with Crippen LogP contribution in [0.2, 0.25) is 0 Å². The van der Waals surface area contributed by atoms with Gasteiger partial charge in [0.05, 0.1) is 6.54 Å². The first kappa shape index (κ1) is 18.5. The second-order valence-electron chi connectivity index (χ2n) is 8.03. The van der Waals surface area contributed by atoms with Crippen LogP contribution in [0.15, 0.2) is 35.0 Å². The summed E-state index contributed by atoms with van der Waals surface area (Å²) in [4.78, 5) is 17.3. The van der Waals surface area contributed by atoms with Crippen LogP contribution in [0.1, 0.15) is 42.6 Å². The molecule has 1 aromatic heterocycles. The van der Waals surface area contributed by atoms with E-state index in [0.717, 1.165) is 38.3 Å². The maximum Gasteiger partial charge on any atom is 0.236 e. The first-order chi connectivity index (χ1) is 13.1. The molecule has 0 spiro atoms. The molecular formula is C22H28N2O2S. The standard InChI is InChI=1S/C22H28N2O2S/c1-16-5-6-20-19(10-16)12-23(13-21(26-20)18-7-9-27-15-18)14-22(25)24-8-3-4-17(2)11-24/h5-7,9-10,15,17,21H,3-4,8,11-14H2,1-2H3. The van der Waals surface area contributed by atoms with E-state index in [1.54, 1.807) is 11.3 Å². The molecule has 3 heterocycles. The lowest BCUT2D eigenvalue weighted by Gasteiger charge is -2.33. The van der Waals surface area contributed by atoms with Crippen LogP contribution in [-0.4, -0.2) is 41.9 Å². The van der Waals surface area contributed by atoms with Crippen LogP contribution in [0.25, 0.3) is 0 Å². The lowest BCUT2D eigenvalue weighted by molar-refractivity contribution is -0.134. The summed E-state index contributed by atoms with van der Waals surface area (Å²) in [7, 11) is 0. The second-order valence-corrected chi connectivity index (χ2v) is 8.81. The van der Waals surface area contributed by atoms with Gasteiger partial charge in [-0.3, -0.25) is 9.69 Å². The number of aryl methyl sites for hydroxylation is 1. The number of benzene rings is 1. The fourth-order valence-corrected chi connectivity index (χ4v) is 4.84. The van der Waals surface area contributed by atoms with Crippen LogP contribution in [0.4, 0.5) is 0 Å². The van der Waals surface area contributed by atoms with E-state index in [9.17, 15) is 4.79 Å². The number of hydrogen-bond acceptors (Lipinski definition) is 4. The molecule has 2 aliphatic heterocycles. The molecular weight excluding hydrogens is 356 g/mol. The SMILES string of the molecule is Cc1ccc2c(c1)CN(CC(=O)N1CCCC(C)C1)CC(c1ccsc1)O2. The second kappa shape index (κ2) is 8.03. The summed E-state index contributed by atoms with van der Waals surface area (Å²) < 4.78 is 6.37. The van der Waals surface area contributed by atoms with Gasteiger partial charge < -0.3 is 9.64 Å². The normalized spacial score (nSPS) is 23.4. The highest BCUT2D eigenvalue weighted by Crippen LogP contribution is 2.32. The van der Waals surface area contributed by atoms with Gasteiger partial charge in [-0.05, 0) is 48.6 Å².